The number of anilines is 1. The van der Waals surface area contributed by atoms with Crippen molar-refractivity contribution in [2.45, 2.75) is 18.8 Å². The van der Waals surface area contributed by atoms with Gasteiger partial charge in [0.25, 0.3) is 0 Å². The maximum Gasteiger partial charge on any atom is 0.321 e. The number of aromatic nitrogens is 3. The first kappa shape index (κ1) is 18.3. The van der Waals surface area contributed by atoms with E-state index in [9.17, 15) is 4.79 Å². The summed E-state index contributed by atoms with van der Waals surface area (Å²) in [5.41, 5.74) is 1.86. The van der Waals surface area contributed by atoms with Crippen molar-refractivity contribution >= 4 is 23.3 Å². The molecule has 0 unspecified atom stereocenters. The highest BCUT2D eigenvalue weighted by molar-refractivity contribution is 6.30. The van der Waals surface area contributed by atoms with E-state index < -0.39 is 0 Å². The second kappa shape index (κ2) is 8.31. The van der Waals surface area contributed by atoms with Crippen LogP contribution in [0.1, 0.15) is 24.5 Å². The van der Waals surface area contributed by atoms with Gasteiger partial charge in [-0.05, 0) is 43.2 Å². The van der Waals surface area contributed by atoms with Crippen molar-refractivity contribution < 1.29 is 9.53 Å². The fourth-order valence-electron chi connectivity index (χ4n) is 3.24. The summed E-state index contributed by atoms with van der Waals surface area (Å²) >= 11 is 5.82. The molecule has 144 valence electrons. The first-order chi connectivity index (χ1) is 13.7. The van der Waals surface area contributed by atoms with E-state index in [4.69, 9.17) is 16.3 Å². The Morgan fingerprint density at radius 3 is 2.57 bits per heavy atom. The fraction of sp³-hybridized carbons (Fsp3) is 0.250. The third-order valence-electron chi connectivity index (χ3n) is 4.77. The average Bonchev–Trinajstić information content (AvgIpc) is 3.26. The number of imidazole rings is 1. The number of carbonyl (C=O) groups excluding carboxylic acids is 1. The molecule has 0 radical (unpaired) electrons. The summed E-state index contributed by atoms with van der Waals surface area (Å²) in [4.78, 5) is 25.7. The van der Waals surface area contributed by atoms with Crippen molar-refractivity contribution in [2.75, 3.05) is 18.4 Å². The van der Waals surface area contributed by atoms with E-state index in [0.29, 0.717) is 22.6 Å². The third kappa shape index (κ3) is 4.43. The second-order valence-electron chi connectivity index (χ2n) is 6.64. The molecule has 0 aliphatic carbocycles. The van der Waals surface area contributed by atoms with Crippen molar-refractivity contribution in [3.63, 3.8) is 0 Å². The second-order valence-corrected chi connectivity index (χ2v) is 7.08. The standard InChI is InChI=1S/C20H20ClN5O2/c21-15-1-6-19(23-11-15)28-17-4-2-16(3-5-17)25-20(27)26-9-7-14(8-10-26)18-12-22-13-24-18/h1-6,11-14H,7-10H2,(H,22,24)(H,25,27). The van der Waals surface area contributed by atoms with Crippen LogP contribution in [0.15, 0.2) is 55.1 Å². The minimum atomic E-state index is -0.0869. The van der Waals surface area contributed by atoms with Gasteiger partial charge < -0.3 is 19.9 Å². The van der Waals surface area contributed by atoms with E-state index in [1.807, 2.05) is 11.1 Å². The number of H-pyrrole nitrogens is 1. The van der Waals surface area contributed by atoms with E-state index in [0.717, 1.165) is 37.3 Å². The number of nitrogens with zero attached hydrogens (tertiary/aromatic N) is 3. The van der Waals surface area contributed by atoms with Gasteiger partial charge in [0.2, 0.25) is 5.88 Å². The molecule has 0 saturated carbocycles. The molecule has 1 aromatic carbocycles. The number of hydrogen-bond acceptors (Lipinski definition) is 4. The lowest BCUT2D eigenvalue weighted by atomic mass is 9.94. The Balaban J connectivity index is 1.29. The van der Waals surface area contributed by atoms with Crippen LogP contribution in [0.5, 0.6) is 11.6 Å². The summed E-state index contributed by atoms with van der Waals surface area (Å²) in [5.74, 6) is 1.53. The normalized spacial score (nSPS) is 14.7. The van der Waals surface area contributed by atoms with Crippen LogP contribution >= 0.6 is 11.6 Å². The maximum absolute atomic E-state index is 12.5. The van der Waals surface area contributed by atoms with Gasteiger partial charge in [0.1, 0.15) is 5.75 Å². The molecule has 28 heavy (non-hydrogen) atoms. The van der Waals surface area contributed by atoms with Crippen LogP contribution in [0, 0.1) is 0 Å². The molecule has 3 heterocycles. The van der Waals surface area contributed by atoms with Crippen LogP contribution in [0.4, 0.5) is 10.5 Å². The number of amides is 2. The number of pyridine rings is 1. The lowest BCUT2D eigenvalue weighted by molar-refractivity contribution is 0.194. The van der Waals surface area contributed by atoms with Crippen LogP contribution in [-0.4, -0.2) is 39.0 Å². The van der Waals surface area contributed by atoms with Crippen LogP contribution < -0.4 is 10.1 Å². The van der Waals surface area contributed by atoms with Crippen LogP contribution in [0.2, 0.25) is 5.02 Å². The number of urea groups is 1. The van der Waals surface area contributed by atoms with Crippen molar-refractivity contribution in [2.24, 2.45) is 0 Å². The molecule has 0 spiro atoms. The van der Waals surface area contributed by atoms with E-state index >= 15 is 0 Å². The van der Waals surface area contributed by atoms with Crippen LogP contribution in [0.25, 0.3) is 0 Å². The highest BCUT2D eigenvalue weighted by atomic mass is 35.5. The van der Waals surface area contributed by atoms with E-state index in [1.165, 1.54) is 6.20 Å². The van der Waals surface area contributed by atoms with Gasteiger partial charge in [-0.1, -0.05) is 11.6 Å². The Hall–Kier alpha value is -3.06. The lowest BCUT2D eigenvalue weighted by Gasteiger charge is -2.31. The van der Waals surface area contributed by atoms with Crippen LogP contribution in [0.3, 0.4) is 0 Å². The van der Waals surface area contributed by atoms with E-state index in [1.54, 1.807) is 42.7 Å². The van der Waals surface area contributed by atoms with Gasteiger partial charge in [-0.15, -0.1) is 0 Å². The van der Waals surface area contributed by atoms with Gasteiger partial charge in [-0.2, -0.15) is 0 Å². The predicted molar refractivity (Wildman–Crippen MR) is 107 cm³/mol. The zero-order valence-corrected chi connectivity index (χ0v) is 15.9. The molecule has 2 aromatic heterocycles. The van der Waals surface area contributed by atoms with Crippen molar-refractivity contribution in [1.29, 1.82) is 0 Å². The molecule has 1 aliphatic heterocycles. The molecule has 4 rings (SSSR count). The Morgan fingerprint density at radius 1 is 1.14 bits per heavy atom. The lowest BCUT2D eigenvalue weighted by Crippen LogP contribution is -2.40. The molecule has 0 atom stereocenters. The smallest absolute Gasteiger partial charge is 0.321 e. The number of hydrogen-bond donors (Lipinski definition) is 2. The topological polar surface area (TPSA) is 83.1 Å². The van der Waals surface area contributed by atoms with E-state index in [2.05, 4.69) is 20.3 Å². The molecule has 1 aliphatic rings. The number of likely N-dealkylation sites (tertiary alicyclic amines) is 1. The predicted octanol–water partition coefficient (Wildman–Crippen LogP) is 4.66. The third-order valence-corrected chi connectivity index (χ3v) is 4.99. The van der Waals surface area contributed by atoms with Gasteiger partial charge in [0.15, 0.2) is 0 Å². The Morgan fingerprint density at radius 2 is 1.93 bits per heavy atom. The van der Waals surface area contributed by atoms with Crippen molar-refractivity contribution in [1.82, 2.24) is 19.9 Å². The minimum Gasteiger partial charge on any atom is -0.439 e. The highest BCUT2D eigenvalue weighted by Crippen LogP contribution is 2.27. The molecular formula is C20H20ClN5O2. The summed E-state index contributed by atoms with van der Waals surface area (Å²) in [6, 6.07) is 10.5. The summed E-state index contributed by atoms with van der Waals surface area (Å²) in [7, 11) is 0. The minimum absolute atomic E-state index is 0.0869. The molecule has 3 aromatic rings. The van der Waals surface area contributed by atoms with Gasteiger partial charge >= 0.3 is 6.03 Å². The quantitative estimate of drug-likeness (QED) is 0.670. The summed E-state index contributed by atoms with van der Waals surface area (Å²) in [6.45, 7) is 1.44. The van der Waals surface area contributed by atoms with Gasteiger partial charge in [0.05, 0.1) is 11.3 Å². The van der Waals surface area contributed by atoms with E-state index in [-0.39, 0.29) is 6.03 Å². The fourth-order valence-corrected chi connectivity index (χ4v) is 3.35. The van der Waals surface area contributed by atoms with Gasteiger partial charge in [-0.3, -0.25) is 0 Å². The summed E-state index contributed by atoms with van der Waals surface area (Å²) in [6.07, 6.45) is 6.95. The molecule has 8 heteroatoms. The van der Waals surface area contributed by atoms with Crippen LogP contribution in [-0.2, 0) is 0 Å². The molecule has 1 fully saturated rings. The number of rotatable bonds is 4. The average molecular weight is 398 g/mol. The van der Waals surface area contributed by atoms with Gasteiger partial charge in [0, 0.05) is 48.8 Å². The molecule has 7 nitrogen and oxygen atoms in total. The largest absolute Gasteiger partial charge is 0.439 e. The van der Waals surface area contributed by atoms with Crippen molar-refractivity contribution in [3.8, 4) is 11.6 Å². The monoisotopic (exact) mass is 397 g/mol. The molecule has 0 bridgehead atoms. The Bertz CT molecular complexity index is 905. The molecule has 2 N–H and O–H groups in total. The number of nitrogens with one attached hydrogen (secondary N) is 2. The Labute approximate surface area is 167 Å². The number of halogens is 1. The Kier molecular flexibility index (Phi) is 5.43. The first-order valence-electron chi connectivity index (χ1n) is 9.11. The SMILES string of the molecule is O=C(Nc1ccc(Oc2ccc(Cl)cn2)cc1)N1CCC(c2cnc[nH]2)CC1. The maximum atomic E-state index is 12.5. The number of carbonyl (C=O) groups is 1. The first-order valence-corrected chi connectivity index (χ1v) is 9.49. The summed E-state index contributed by atoms with van der Waals surface area (Å²) < 4.78 is 5.66. The molecular weight excluding hydrogens is 378 g/mol. The number of benzene rings is 1. The highest BCUT2D eigenvalue weighted by Gasteiger charge is 2.24. The number of ether oxygens (including phenoxy) is 1. The molecule has 2 amide bonds. The summed E-state index contributed by atoms with van der Waals surface area (Å²) in [5, 5.41) is 3.49. The number of aromatic amines is 1. The molecule has 1 saturated heterocycles. The van der Waals surface area contributed by atoms with Crippen molar-refractivity contribution in [3.05, 3.63) is 65.8 Å². The van der Waals surface area contributed by atoms with Gasteiger partial charge in [-0.25, -0.2) is 14.8 Å². The zero-order valence-electron chi connectivity index (χ0n) is 15.1. The zero-order chi connectivity index (χ0) is 19.3. The number of piperidine rings is 1.